The monoisotopic (exact) mass is 375 g/mol. The van der Waals surface area contributed by atoms with Crippen LogP contribution in [-0.4, -0.2) is 48.4 Å². The molecule has 3 saturated heterocycles. The molecule has 1 aromatic rings. The van der Waals surface area contributed by atoms with Gasteiger partial charge in [-0.15, -0.1) is 0 Å². The summed E-state index contributed by atoms with van der Waals surface area (Å²) in [6.45, 7) is 1.79. The van der Waals surface area contributed by atoms with Gasteiger partial charge >= 0.3 is 0 Å². The predicted octanol–water partition coefficient (Wildman–Crippen LogP) is 1.48. The molecule has 7 nitrogen and oxygen atoms in total. The van der Waals surface area contributed by atoms with E-state index in [0.717, 1.165) is 18.5 Å². The molecule has 8 heteroatoms. The van der Waals surface area contributed by atoms with Gasteiger partial charge < -0.3 is 15.4 Å². The summed E-state index contributed by atoms with van der Waals surface area (Å²) in [5.74, 6) is -0.204. The van der Waals surface area contributed by atoms with Crippen molar-refractivity contribution < 1.29 is 9.53 Å². The van der Waals surface area contributed by atoms with E-state index >= 15 is 0 Å². The van der Waals surface area contributed by atoms with Crippen molar-refractivity contribution in [2.45, 2.75) is 37.0 Å². The molecule has 3 heterocycles. The van der Waals surface area contributed by atoms with Crippen LogP contribution in [0.3, 0.4) is 0 Å². The zero-order valence-corrected chi connectivity index (χ0v) is 15.1. The SMILES string of the molecule is N#CC[C@@]1(N2NC(Nc3ccc(Cl)cc3)C3C(=O)NCCC32)CCOC1. The molecule has 3 unspecified atom stereocenters. The summed E-state index contributed by atoms with van der Waals surface area (Å²) >= 11 is 5.96. The van der Waals surface area contributed by atoms with E-state index in [1.54, 1.807) is 0 Å². The Bertz CT molecular complexity index is 713. The molecule has 3 fully saturated rings. The third-order valence-corrected chi connectivity index (χ3v) is 5.85. The van der Waals surface area contributed by atoms with Gasteiger partial charge in [0.15, 0.2) is 0 Å². The van der Waals surface area contributed by atoms with Crippen LogP contribution in [-0.2, 0) is 9.53 Å². The van der Waals surface area contributed by atoms with Crippen molar-refractivity contribution >= 4 is 23.2 Å². The summed E-state index contributed by atoms with van der Waals surface area (Å²) < 4.78 is 5.63. The first-order valence-electron chi connectivity index (χ1n) is 8.93. The second-order valence-electron chi connectivity index (χ2n) is 7.16. The first-order valence-corrected chi connectivity index (χ1v) is 9.31. The van der Waals surface area contributed by atoms with Gasteiger partial charge in [0.05, 0.1) is 30.6 Å². The first-order chi connectivity index (χ1) is 12.6. The fourth-order valence-electron chi connectivity index (χ4n) is 4.30. The second kappa shape index (κ2) is 7.05. The first kappa shape index (κ1) is 17.6. The van der Waals surface area contributed by atoms with E-state index in [1.807, 2.05) is 24.3 Å². The zero-order chi connectivity index (χ0) is 18.1. The fraction of sp³-hybridized carbons (Fsp3) is 0.556. The number of nitriles is 1. The average molecular weight is 376 g/mol. The largest absolute Gasteiger partial charge is 0.379 e. The molecule has 26 heavy (non-hydrogen) atoms. The fourth-order valence-corrected chi connectivity index (χ4v) is 4.43. The van der Waals surface area contributed by atoms with Gasteiger partial charge in [0.1, 0.15) is 6.17 Å². The highest BCUT2D eigenvalue weighted by atomic mass is 35.5. The number of rotatable bonds is 4. The summed E-state index contributed by atoms with van der Waals surface area (Å²) in [5.41, 5.74) is 4.00. The highest BCUT2D eigenvalue weighted by Gasteiger charge is 2.55. The van der Waals surface area contributed by atoms with Gasteiger partial charge in [0.2, 0.25) is 5.91 Å². The number of hydrogen-bond donors (Lipinski definition) is 3. The third kappa shape index (κ3) is 3.03. The van der Waals surface area contributed by atoms with E-state index in [4.69, 9.17) is 16.3 Å². The molecule has 0 saturated carbocycles. The maximum Gasteiger partial charge on any atom is 0.228 e. The number of nitrogens with zero attached hydrogens (tertiary/aromatic N) is 2. The van der Waals surface area contributed by atoms with Crippen LogP contribution in [0.25, 0.3) is 0 Å². The molecule has 1 aromatic carbocycles. The molecule has 0 radical (unpaired) electrons. The van der Waals surface area contributed by atoms with Crippen molar-refractivity contribution in [1.82, 2.24) is 15.8 Å². The van der Waals surface area contributed by atoms with Gasteiger partial charge in [0, 0.05) is 29.9 Å². The van der Waals surface area contributed by atoms with E-state index in [9.17, 15) is 10.1 Å². The molecular formula is C18H22ClN5O2. The average Bonchev–Trinajstić information content (AvgIpc) is 3.24. The molecule has 0 spiro atoms. The number of amides is 1. The topological polar surface area (TPSA) is 89.4 Å². The van der Waals surface area contributed by atoms with E-state index in [2.05, 4.69) is 27.1 Å². The molecule has 3 aliphatic heterocycles. The van der Waals surface area contributed by atoms with Crippen molar-refractivity contribution in [1.29, 1.82) is 5.26 Å². The second-order valence-corrected chi connectivity index (χ2v) is 7.60. The Morgan fingerprint density at radius 3 is 2.92 bits per heavy atom. The number of benzene rings is 1. The molecular weight excluding hydrogens is 354 g/mol. The van der Waals surface area contributed by atoms with Crippen molar-refractivity contribution in [3.05, 3.63) is 29.3 Å². The maximum absolute atomic E-state index is 12.6. The number of fused-ring (bicyclic) bond motifs is 1. The smallest absolute Gasteiger partial charge is 0.228 e. The molecule has 3 aliphatic rings. The van der Waals surface area contributed by atoms with Crippen LogP contribution in [0.5, 0.6) is 0 Å². The van der Waals surface area contributed by atoms with Crippen LogP contribution in [0.1, 0.15) is 19.3 Å². The van der Waals surface area contributed by atoms with E-state index < -0.39 is 0 Å². The highest BCUT2D eigenvalue weighted by molar-refractivity contribution is 6.30. The Morgan fingerprint density at radius 1 is 1.42 bits per heavy atom. The molecule has 4 rings (SSSR count). The van der Waals surface area contributed by atoms with E-state index in [1.165, 1.54) is 0 Å². The number of nitrogens with one attached hydrogen (secondary N) is 3. The van der Waals surface area contributed by atoms with Gasteiger partial charge in [-0.05, 0) is 37.1 Å². The molecule has 4 atom stereocenters. The minimum atomic E-state index is -0.383. The minimum absolute atomic E-state index is 0.0311. The number of halogens is 1. The van der Waals surface area contributed by atoms with Crippen LogP contribution in [0.2, 0.25) is 5.02 Å². The molecule has 0 aliphatic carbocycles. The van der Waals surface area contributed by atoms with Crippen molar-refractivity contribution in [3.63, 3.8) is 0 Å². The normalized spacial score (nSPS) is 34.2. The molecule has 1 amide bonds. The van der Waals surface area contributed by atoms with Crippen molar-refractivity contribution in [2.24, 2.45) is 5.92 Å². The molecule has 0 bridgehead atoms. The van der Waals surface area contributed by atoms with Gasteiger partial charge in [-0.1, -0.05) is 11.6 Å². The Hall–Kier alpha value is -1.85. The standard InChI is InChI=1S/C18H22ClN5O2/c19-12-1-3-13(4-2-12)22-16-15-14(5-9-21-17(15)25)24(23-16)18(6-8-20)7-10-26-11-18/h1-4,14-16,22-23H,5-7,9-11H2,(H,21,25)/t14?,15?,16?,18-/m1/s1. The predicted molar refractivity (Wildman–Crippen MR) is 97.1 cm³/mol. The Labute approximate surface area is 157 Å². The third-order valence-electron chi connectivity index (χ3n) is 5.59. The summed E-state index contributed by atoms with van der Waals surface area (Å²) in [4.78, 5) is 12.6. The summed E-state index contributed by atoms with van der Waals surface area (Å²) in [6.07, 6.45) is 1.75. The number of carbonyl (C=O) groups excluding carboxylic acids is 1. The zero-order valence-electron chi connectivity index (χ0n) is 14.4. The lowest BCUT2D eigenvalue weighted by molar-refractivity contribution is -0.128. The number of carbonyl (C=O) groups is 1. The lowest BCUT2D eigenvalue weighted by Gasteiger charge is -2.41. The van der Waals surface area contributed by atoms with Crippen LogP contribution in [0.15, 0.2) is 24.3 Å². The Morgan fingerprint density at radius 2 is 2.23 bits per heavy atom. The molecule has 138 valence electrons. The molecule has 3 N–H and O–H groups in total. The lowest BCUT2D eigenvalue weighted by atomic mass is 9.86. The summed E-state index contributed by atoms with van der Waals surface area (Å²) in [5, 5.41) is 18.6. The number of hydrogen-bond acceptors (Lipinski definition) is 6. The van der Waals surface area contributed by atoms with Gasteiger partial charge in [-0.2, -0.15) is 5.26 Å². The van der Waals surface area contributed by atoms with Crippen LogP contribution < -0.4 is 16.1 Å². The van der Waals surface area contributed by atoms with Crippen molar-refractivity contribution in [3.8, 4) is 6.07 Å². The van der Waals surface area contributed by atoms with Gasteiger partial charge in [-0.25, -0.2) is 10.4 Å². The number of piperidine rings is 1. The quantitative estimate of drug-likeness (QED) is 0.738. The van der Waals surface area contributed by atoms with Crippen molar-refractivity contribution in [2.75, 3.05) is 25.1 Å². The highest BCUT2D eigenvalue weighted by Crippen LogP contribution is 2.38. The summed E-state index contributed by atoms with van der Waals surface area (Å²) in [7, 11) is 0. The summed E-state index contributed by atoms with van der Waals surface area (Å²) in [6, 6.07) is 9.76. The maximum atomic E-state index is 12.6. The Kier molecular flexibility index (Phi) is 4.76. The Balaban J connectivity index is 1.62. The van der Waals surface area contributed by atoms with Crippen LogP contribution in [0, 0.1) is 17.2 Å². The van der Waals surface area contributed by atoms with E-state index in [0.29, 0.717) is 31.2 Å². The lowest BCUT2D eigenvalue weighted by Crippen LogP contribution is -2.59. The molecule has 0 aromatic heterocycles. The number of anilines is 1. The minimum Gasteiger partial charge on any atom is -0.379 e. The van der Waals surface area contributed by atoms with Crippen LogP contribution in [0.4, 0.5) is 5.69 Å². The number of hydrazine groups is 1. The van der Waals surface area contributed by atoms with E-state index in [-0.39, 0.29) is 29.6 Å². The van der Waals surface area contributed by atoms with Gasteiger partial charge in [0.25, 0.3) is 0 Å². The van der Waals surface area contributed by atoms with Crippen LogP contribution >= 0.6 is 11.6 Å². The number of ether oxygens (including phenoxy) is 1. The van der Waals surface area contributed by atoms with Gasteiger partial charge in [-0.3, -0.25) is 4.79 Å².